The van der Waals surface area contributed by atoms with Crippen LogP contribution >= 0.6 is 11.3 Å². The van der Waals surface area contributed by atoms with E-state index in [1.54, 1.807) is 4.40 Å². The summed E-state index contributed by atoms with van der Waals surface area (Å²) in [6.45, 7) is 2.02. The summed E-state index contributed by atoms with van der Waals surface area (Å²) < 4.78 is 2.42. The van der Waals surface area contributed by atoms with E-state index in [9.17, 15) is 4.79 Å². The van der Waals surface area contributed by atoms with Crippen molar-refractivity contribution < 1.29 is 0 Å². The van der Waals surface area contributed by atoms with Gasteiger partial charge in [0, 0.05) is 22.7 Å². The van der Waals surface area contributed by atoms with Gasteiger partial charge in [-0.2, -0.15) is 0 Å². The molecule has 0 aliphatic heterocycles. The zero-order chi connectivity index (χ0) is 16.3. The molecular weight excluding hydrogens is 318 g/mol. The molecule has 0 bridgehead atoms. The molecule has 2 aromatic carbocycles. The lowest BCUT2D eigenvalue weighted by atomic mass is 10.2. The molecule has 0 atom stereocenters. The Labute approximate surface area is 140 Å². The maximum atomic E-state index is 12.9. The Bertz CT molecular complexity index is 1340. The Morgan fingerprint density at radius 2 is 2.08 bits per heavy atom. The third-order valence-electron chi connectivity index (χ3n) is 4.30. The Hall–Kier alpha value is -2.92. The summed E-state index contributed by atoms with van der Waals surface area (Å²) in [7, 11) is 0. The van der Waals surface area contributed by atoms with Gasteiger partial charge in [-0.15, -0.1) is 0 Å². The lowest BCUT2D eigenvalue weighted by molar-refractivity contribution is 1.19. The van der Waals surface area contributed by atoms with Crippen molar-refractivity contribution in [1.82, 2.24) is 14.4 Å². The lowest BCUT2D eigenvalue weighted by Crippen LogP contribution is -2.22. The Kier molecular flexibility index (Phi) is 2.69. The predicted molar refractivity (Wildman–Crippen MR) is 98.7 cm³/mol. The second-order valence-corrected chi connectivity index (χ2v) is 6.94. The quantitative estimate of drug-likeness (QED) is 0.513. The molecule has 3 heterocycles. The molecule has 5 rings (SSSR count). The van der Waals surface area contributed by atoms with E-state index in [1.165, 1.54) is 11.3 Å². The highest BCUT2D eigenvalue weighted by atomic mass is 32.1. The summed E-state index contributed by atoms with van der Waals surface area (Å²) in [5.74, 6) is 0. The van der Waals surface area contributed by atoms with Gasteiger partial charge in [0.05, 0.1) is 15.6 Å². The van der Waals surface area contributed by atoms with Crippen LogP contribution in [0.15, 0.2) is 53.5 Å². The zero-order valence-electron chi connectivity index (χ0n) is 12.9. The topological polar surface area (TPSA) is 50.2 Å². The number of hydrogen-bond acceptors (Lipinski definition) is 3. The van der Waals surface area contributed by atoms with Crippen molar-refractivity contribution in [2.45, 2.75) is 6.92 Å². The zero-order valence-corrected chi connectivity index (χ0v) is 13.7. The monoisotopic (exact) mass is 331 g/mol. The fourth-order valence-electron chi connectivity index (χ4n) is 3.13. The van der Waals surface area contributed by atoms with Crippen LogP contribution in [0.3, 0.4) is 0 Å². The first-order valence-electron chi connectivity index (χ1n) is 7.70. The maximum absolute atomic E-state index is 12.9. The van der Waals surface area contributed by atoms with Gasteiger partial charge >= 0.3 is 0 Å². The van der Waals surface area contributed by atoms with Crippen molar-refractivity contribution in [2.75, 3.05) is 0 Å². The van der Waals surface area contributed by atoms with Crippen molar-refractivity contribution in [3.63, 3.8) is 0 Å². The van der Waals surface area contributed by atoms with E-state index in [2.05, 4.69) is 16.0 Å². The standard InChI is InChI=1S/C19H13N3OS/c1-11-6-7-15-16(8-11)22-18(23)17(24-19(22)21-15)9-12-10-20-14-5-3-2-4-13(12)14/h2-10,20H,1H3/b17-9-. The molecule has 0 unspecified atom stereocenters. The second kappa shape index (κ2) is 4.79. The fraction of sp³-hybridized carbons (Fsp3) is 0.0526. The molecule has 4 nitrogen and oxygen atoms in total. The molecule has 0 spiro atoms. The number of hydrogen-bond donors (Lipinski definition) is 1. The highest BCUT2D eigenvalue weighted by Crippen LogP contribution is 2.20. The molecule has 5 aromatic rings. The predicted octanol–water partition coefficient (Wildman–Crippen LogP) is 3.25. The van der Waals surface area contributed by atoms with E-state index in [0.29, 0.717) is 4.53 Å². The molecule has 0 saturated carbocycles. The molecule has 0 amide bonds. The summed E-state index contributed by atoms with van der Waals surface area (Å²) in [5, 5.41) is 1.11. The number of nitrogens with one attached hydrogen (secondary N) is 1. The maximum Gasteiger partial charge on any atom is 0.274 e. The average Bonchev–Trinajstić information content (AvgIpc) is 3.23. The fourth-order valence-corrected chi connectivity index (χ4v) is 4.10. The molecule has 0 saturated heterocycles. The normalized spacial score (nSPS) is 12.8. The first-order chi connectivity index (χ1) is 11.7. The van der Waals surface area contributed by atoms with Crippen LogP contribution in [0.1, 0.15) is 11.1 Å². The molecule has 0 aliphatic rings. The molecule has 0 fully saturated rings. The van der Waals surface area contributed by atoms with Crippen LogP contribution in [0.4, 0.5) is 0 Å². The van der Waals surface area contributed by atoms with Crippen LogP contribution in [-0.2, 0) is 0 Å². The van der Waals surface area contributed by atoms with Crippen molar-refractivity contribution in [3.8, 4) is 0 Å². The Morgan fingerprint density at radius 1 is 1.21 bits per heavy atom. The first-order valence-corrected chi connectivity index (χ1v) is 8.52. The number of aromatic nitrogens is 3. The molecule has 3 aromatic heterocycles. The van der Waals surface area contributed by atoms with Crippen molar-refractivity contribution >= 4 is 44.3 Å². The van der Waals surface area contributed by atoms with Gasteiger partial charge in [-0.1, -0.05) is 35.6 Å². The Balaban J connectivity index is 1.82. The van der Waals surface area contributed by atoms with Gasteiger partial charge in [0.25, 0.3) is 5.56 Å². The van der Waals surface area contributed by atoms with Gasteiger partial charge in [0.2, 0.25) is 0 Å². The van der Waals surface area contributed by atoms with Crippen molar-refractivity contribution in [2.24, 2.45) is 0 Å². The largest absolute Gasteiger partial charge is 0.361 e. The smallest absolute Gasteiger partial charge is 0.274 e. The van der Waals surface area contributed by atoms with E-state index in [1.807, 2.05) is 55.6 Å². The van der Waals surface area contributed by atoms with E-state index in [0.717, 1.165) is 38.0 Å². The highest BCUT2D eigenvalue weighted by molar-refractivity contribution is 7.15. The van der Waals surface area contributed by atoms with Crippen LogP contribution in [0.5, 0.6) is 0 Å². The second-order valence-electron chi connectivity index (χ2n) is 5.93. The van der Waals surface area contributed by atoms with Gasteiger partial charge in [0.15, 0.2) is 4.96 Å². The van der Waals surface area contributed by atoms with Crippen LogP contribution in [0.25, 0.3) is 33.0 Å². The van der Waals surface area contributed by atoms with E-state index < -0.39 is 0 Å². The number of thiazole rings is 1. The molecule has 116 valence electrons. The first kappa shape index (κ1) is 13.5. The number of aryl methyl sites for hydroxylation is 1. The van der Waals surface area contributed by atoms with Crippen LogP contribution in [-0.4, -0.2) is 14.4 Å². The van der Waals surface area contributed by atoms with Crippen LogP contribution < -0.4 is 10.1 Å². The Morgan fingerprint density at radius 3 is 3.00 bits per heavy atom. The molecule has 24 heavy (non-hydrogen) atoms. The van der Waals surface area contributed by atoms with Gasteiger partial charge in [-0.05, 0) is 36.8 Å². The van der Waals surface area contributed by atoms with Gasteiger partial charge in [-0.25, -0.2) is 9.38 Å². The third kappa shape index (κ3) is 1.85. The van der Waals surface area contributed by atoms with Gasteiger partial charge in [0.1, 0.15) is 0 Å². The molecule has 1 N–H and O–H groups in total. The minimum Gasteiger partial charge on any atom is -0.361 e. The summed E-state index contributed by atoms with van der Waals surface area (Å²) >= 11 is 1.43. The number of imidazole rings is 1. The average molecular weight is 331 g/mol. The number of aromatic amines is 1. The third-order valence-corrected chi connectivity index (χ3v) is 5.27. The van der Waals surface area contributed by atoms with Crippen molar-refractivity contribution in [1.29, 1.82) is 0 Å². The number of benzene rings is 2. The number of H-pyrrole nitrogens is 1. The summed E-state index contributed by atoms with van der Waals surface area (Å²) in [6, 6.07) is 14.1. The molecule has 0 aliphatic carbocycles. The van der Waals surface area contributed by atoms with Crippen molar-refractivity contribution in [3.05, 3.63) is 74.7 Å². The van der Waals surface area contributed by atoms with E-state index in [4.69, 9.17) is 0 Å². The SMILES string of the molecule is Cc1ccc2nc3s/c(=C\c4c[nH]c5ccccc45)c(=O)n3c2c1. The summed E-state index contributed by atoms with van der Waals surface area (Å²) in [6.07, 6.45) is 3.89. The number of fused-ring (bicyclic) bond motifs is 4. The van der Waals surface area contributed by atoms with Gasteiger partial charge < -0.3 is 4.98 Å². The number of rotatable bonds is 1. The summed E-state index contributed by atoms with van der Waals surface area (Å²) in [5.41, 5.74) is 4.95. The molecule has 0 radical (unpaired) electrons. The van der Waals surface area contributed by atoms with Gasteiger partial charge in [-0.3, -0.25) is 4.79 Å². The number of nitrogens with zero attached hydrogens (tertiary/aromatic N) is 2. The molecular formula is C19H13N3OS. The van der Waals surface area contributed by atoms with E-state index >= 15 is 0 Å². The van der Waals surface area contributed by atoms with E-state index in [-0.39, 0.29) is 5.56 Å². The lowest BCUT2D eigenvalue weighted by Gasteiger charge is -1.92. The van der Waals surface area contributed by atoms with Crippen LogP contribution in [0, 0.1) is 6.92 Å². The minimum absolute atomic E-state index is 0.00613. The number of para-hydroxylation sites is 1. The highest BCUT2D eigenvalue weighted by Gasteiger charge is 2.11. The summed E-state index contributed by atoms with van der Waals surface area (Å²) in [4.78, 5) is 21.4. The molecule has 5 heteroatoms. The minimum atomic E-state index is -0.00613. The van der Waals surface area contributed by atoms with Crippen LogP contribution in [0.2, 0.25) is 0 Å².